The molecule has 0 bridgehead atoms. The van der Waals surface area contributed by atoms with Gasteiger partial charge < -0.3 is 4.90 Å². The molecule has 0 unspecified atom stereocenters. The number of carbonyl (C=O) groups excluding carboxylic acids is 1. The molecule has 1 fully saturated rings. The molecule has 2 nitrogen and oxygen atoms in total. The Labute approximate surface area is 125 Å². The Hall–Kier alpha value is -1.88. The van der Waals surface area contributed by atoms with Crippen molar-refractivity contribution in [2.75, 3.05) is 12.3 Å². The van der Waals surface area contributed by atoms with Crippen LogP contribution in [0.2, 0.25) is 0 Å². The summed E-state index contributed by atoms with van der Waals surface area (Å²) in [4.78, 5) is 14.1. The highest BCUT2D eigenvalue weighted by Gasteiger charge is 2.32. The maximum atomic E-state index is 13.8. The van der Waals surface area contributed by atoms with Crippen LogP contribution in [0.5, 0.6) is 0 Å². The number of nitrogens with zero attached hydrogens (tertiary/aromatic N) is 1. The number of hydrogen-bond acceptors (Lipinski definition) is 2. The number of halogens is 2. The minimum Gasteiger partial charge on any atom is -0.322 e. The number of rotatable bonds is 2. The summed E-state index contributed by atoms with van der Waals surface area (Å²) in [5.41, 5.74) is 0.781. The average Bonchev–Trinajstić information content (AvgIpc) is 2.96. The molecule has 3 rings (SSSR count). The molecule has 2 aromatic rings. The fourth-order valence-electron chi connectivity index (χ4n) is 2.40. The Morgan fingerprint density at radius 1 is 1.14 bits per heavy atom. The maximum Gasteiger partial charge on any atom is 0.258 e. The molecular weight excluding hydrogens is 292 g/mol. The van der Waals surface area contributed by atoms with Crippen LogP contribution in [0, 0.1) is 11.6 Å². The Kier molecular flexibility index (Phi) is 3.92. The van der Waals surface area contributed by atoms with Crippen molar-refractivity contribution in [1.29, 1.82) is 0 Å². The van der Waals surface area contributed by atoms with Crippen LogP contribution < -0.4 is 0 Å². The van der Waals surface area contributed by atoms with Crippen molar-refractivity contribution >= 4 is 17.7 Å². The monoisotopic (exact) mass is 305 g/mol. The average molecular weight is 305 g/mol. The zero-order chi connectivity index (χ0) is 14.8. The SMILES string of the molecule is O=C(c1ccccc1F)N1CCS[C@H]1c1cccc(F)c1. The first-order valence-corrected chi connectivity index (χ1v) is 7.64. The summed E-state index contributed by atoms with van der Waals surface area (Å²) in [5, 5.41) is -0.271. The molecule has 0 radical (unpaired) electrons. The summed E-state index contributed by atoms with van der Waals surface area (Å²) in [5.74, 6) is -0.468. The Balaban J connectivity index is 1.91. The quantitative estimate of drug-likeness (QED) is 0.840. The van der Waals surface area contributed by atoms with E-state index in [1.54, 1.807) is 40.9 Å². The molecule has 1 atom stereocenters. The molecule has 0 saturated carbocycles. The zero-order valence-corrected chi connectivity index (χ0v) is 11.9. The van der Waals surface area contributed by atoms with Gasteiger partial charge in [-0.2, -0.15) is 0 Å². The van der Waals surface area contributed by atoms with Gasteiger partial charge >= 0.3 is 0 Å². The van der Waals surface area contributed by atoms with E-state index in [1.165, 1.54) is 24.3 Å². The lowest BCUT2D eigenvalue weighted by atomic mass is 10.1. The largest absolute Gasteiger partial charge is 0.322 e. The van der Waals surface area contributed by atoms with E-state index in [0.717, 1.165) is 11.3 Å². The van der Waals surface area contributed by atoms with Crippen LogP contribution in [-0.2, 0) is 0 Å². The molecule has 1 aliphatic rings. The van der Waals surface area contributed by atoms with Crippen LogP contribution in [0.15, 0.2) is 48.5 Å². The third-order valence-corrected chi connectivity index (χ3v) is 4.65. The first-order valence-electron chi connectivity index (χ1n) is 6.59. The molecule has 1 saturated heterocycles. The van der Waals surface area contributed by atoms with Crippen LogP contribution >= 0.6 is 11.8 Å². The lowest BCUT2D eigenvalue weighted by Gasteiger charge is -2.24. The van der Waals surface area contributed by atoms with Gasteiger partial charge in [-0.1, -0.05) is 24.3 Å². The normalized spacial score (nSPS) is 18.0. The van der Waals surface area contributed by atoms with Crippen molar-refractivity contribution in [2.45, 2.75) is 5.37 Å². The van der Waals surface area contributed by atoms with Crippen LogP contribution in [0.4, 0.5) is 8.78 Å². The fraction of sp³-hybridized carbons (Fsp3) is 0.188. The maximum absolute atomic E-state index is 13.8. The van der Waals surface area contributed by atoms with Gasteiger partial charge in [0.2, 0.25) is 0 Å². The van der Waals surface area contributed by atoms with Crippen molar-refractivity contribution in [3.05, 3.63) is 71.3 Å². The number of thioether (sulfide) groups is 1. The predicted octanol–water partition coefficient (Wildman–Crippen LogP) is 3.85. The van der Waals surface area contributed by atoms with Gasteiger partial charge in [0.25, 0.3) is 5.91 Å². The van der Waals surface area contributed by atoms with Gasteiger partial charge in [-0.15, -0.1) is 11.8 Å². The number of carbonyl (C=O) groups is 1. The third-order valence-electron chi connectivity index (χ3n) is 3.39. The molecule has 5 heteroatoms. The van der Waals surface area contributed by atoms with Crippen molar-refractivity contribution in [1.82, 2.24) is 4.90 Å². The highest BCUT2D eigenvalue weighted by Crippen LogP contribution is 2.39. The van der Waals surface area contributed by atoms with E-state index >= 15 is 0 Å². The van der Waals surface area contributed by atoms with E-state index in [1.807, 2.05) is 0 Å². The van der Waals surface area contributed by atoms with Gasteiger partial charge in [-0.25, -0.2) is 8.78 Å². The van der Waals surface area contributed by atoms with E-state index in [2.05, 4.69) is 0 Å². The Morgan fingerprint density at radius 3 is 2.71 bits per heavy atom. The number of benzene rings is 2. The second-order valence-electron chi connectivity index (χ2n) is 4.76. The standard InChI is InChI=1S/C16H13F2NOS/c17-12-5-3-4-11(10-12)16-19(8-9-21-16)15(20)13-6-1-2-7-14(13)18/h1-7,10,16H,8-9H2/t16-/m0/s1. The van der Waals surface area contributed by atoms with E-state index < -0.39 is 5.82 Å². The molecule has 0 N–H and O–H groups in total. The Bertz CT molecular complexity index is 677. The number of hydrogen-bond donors (Lipinski definition) is 0. The summed E-state index contributed by atoms with van der Waals surface area (Å²) in [6, 6.07) is 12.1. The minimum atomic E-state index is -0.530. The first kappa shape index (κ1) is 14.1. The summed E-state index contributed by atoms with van der Waals surface area (Å²) in [6.07, 6.45) is 0. The van der Waals surface area contributed by atoms with Gasteiger partial charge in [0.05, 0.1) is 5.56 Å². The fourth-order valence-corrected chi connectivity index (χ4v) is 3.65. The number of amides is 1. The molecule has 108 valence electrons. The lowest BCUT2D eigenvalue weighted by molar-refractivity contribution is 0.0755. The van der Waals surface area contributed by atoms with Crippen molar-refractivity contribution < 1.29 is 13.6 Å². The summed E-state index contributed by atoms with van der Waals surface area (Å²) < 4.78 is 27.1. The smallest absolute Gasteiger partial charge is 0.258 e. The van der Waals surface area contributed by atoms with E-state index in [4.69, 9.17) is 0 Å². The van der Waals surface area contributed by atoms with Gasteiger partial charge in [0.15, 0.2) is 0 Å². The van der Waals surface area contributed by atoms with E-state index in [9.17, 15) is 13.6 Å². The Morgan fingerprint density at radius 2 is 1.95 bits per heavy atom. The molecule has 1 aliphatic heterocycles. The molecule has 2 aromatic carbocycles. The topological polar surface area (TPSA) is 20.3 Å². The molecule has 21 heavy (non-hydrogen) atoms. The van der Waals surface area contributed by atoms with Crippen molar-refractivity contribution in [3.8, 4) is 0 Å². The highest BCUT2D eigenvalue weighted by atomic mass is 32.2. The van der Waals surface area contributed by atoms with Gasteiger partial charge in [0.1, 0.15) is 17.0 Å². The molecule has 0 spiro atoms. The second kappa shape index (κ2) is 5.85. The van der Waals surface area contributed by atoms with Gasteiger partial charge in [-0.05, 0) is 29.8 Å². The molecule has 1 heterocycles. The zero-order valence-electron chi connectivity index (χ0n) is 11.1. The lowest BCUT2D eigenvalue weighted by Crippen LogP contribution is -2.31. The highest BCUT2D eigenvalue weighted by molar-refractivity contribution is 7.99. The molecule has 0 aliphatic carbocycles. The summed E-state index contributed by atoms with van der Waals surface area (Å²) in [6.45, 7) is 0.527. The van der Waals surface area contributed by atoms with Crippen molar-refractivity contribution in [3.63, 3.8) is 0 Å². The van der Waals surface area contributed by atoms with Crippen LogP contribution in [0.3, 0.4) is 0 Å². The van der Waals surface area contributed by atoms with E-state index in [-0.39, 0.29) is 22.7 Å². The third kappa shape index (κ3) is 2.78. The minimum absolute atomic E-state index is 0.0569. The van der Waals surface area contributed by atoms with Crippen LogP contribution in [0.1, 0.15) is 21.3 Å². The van der Waals surface area contributed by atoms with Gasteiger partial charge in [-0.3, -0.25) is 4.79 Å². The molecule has 0 aromatic heterocycles. The van der Waals surface area contributed by atoms with Crippen LogP contribution in [-0.4, -0.2) is 23.1 Å². The molecular formula is C16H13F2NOS. The summed E-state index contributed by atoms with van der Waals surface area (Å²) in [7, 11) is 0. The second-order valence-corrected chi connectivity index (χ2v) is 5.94. The van der Waals surface area contributed by atoms with Gasteiger partial charge in [0, 0.05) is 12.3 Å². The van der Waals surface area contributed by atoms with E-state index in [0.29, 0.717) is 6.54 Å². The first-order chi connectivity index (χ1) is 10.2. The predicted molar refractivity (Wildman–Crippen MR) is 79.0 cm³/mol. The summed E-state index contributed by atoms with van der Waals surface area (Å²) >= 11 is 1.56. The van der Waals surface area contributed by atoms with Crippen LogP contribution in [0.25, 0.3) is 0 Å². The van der Waals surface area contributed by atoms with Crippen molar-refractivity contribution in [2.24, 2.45) is 0 Å². The molecule has 1 amide bonds.